The Hall–Kier alpha value is -3.45. The Morgan fingerprint density at radius 2 is 1.73 bits per heavy atom. The van der Waals surface area contributed by atoms with Gasteiger partial charge in [0.1, 0.15) is 17.5 Å². The lowest BCUT2D eigenvalue weighted by Gasteiger charge is -2.25. The summed E-state index contributed by atoms with van der Waals surface area (Å²) < 4.78 is 54.6. The summed E-state index contributed by atoms with van der Waals surface area (Å²) in [6, 6.07) is 12.7. The van der Waals surface area contributed by atoms with Crippen LogP contribution in [0.2, 0.25) is 0 Å². The van der Waals surface area contributed by atoms with Crippen LogP contribution in [0.5, 0.6) is 0 Å². The van der Waals surface area contributed by atoms with Crippen molar-refractivity contribution in [1.82, 2.24) is 15.6 Å². The van der Waals surface area contributed by atoms with Gasteiger partial charge in [-0.05, 0) is 66.6 Å². The van der Waals surface area contributed by atoms with E-state index >= 15 is 0 Å². The minimum Gasteiger partial charge on any atom is -0.396 e. The number of hydrogen-bond donors (Lipinski definition) is 5. The average Bonchev–Trinajstić information content (AvgIpc) is 2.92. The van der Waals surface area contributed by atoms with Crippen molar-refractivity contribution in [1.29, 1.82) is 0 Å². The van der Waals surface area contributed by atoms with Crippen LogP contribution < -0.4 is 15.4 Å². The van der Waals surface area contributed by atoms with Gasteiger partial charge in [0.05, 0.1) is 17.9 Å². The highest BCUT2D eigenvalue weighted by Gasteiger charge is 2.23. The Balaban J connectivity index is 1.72. The zero-order valence-corrected chi connectivity index (χ0v) is 23.6. The number of nitrogens with one attached hydrogen (secondary N) is 3. The van der Waals surface area contributed by atoms with E-state index in [0.29, 0.717) is 13.0 Å². The molecule has 0 fully saturated rings. The summed E-state index contributed by atoms with van der Waals surface area (Å²) in [4.78, 5) is 17.1. The minimum absolute atomic E-state index is 0.0655. The number of hydrogen-bond acceptors (Lipinski definition) is 7. The fraction of sp³-hybridized carbons (Fsp3) is 0.379. The molecule has 0 saturated heterocycles. The van der Waals surface area contributed by atoms with E-state index in [2.05, 4.69) is 33.3 Å². The molecule has 0 aliphatic carbocycles. The van der Waals surface area contributed by atoms with Crippen molar-refractivity contribution < 1.29 is 32.2 Å². The maximum atomic E-state index is 13.9. The van der Waals surface area contributed by atoms with Crippen LogP contribution in [0, 0.1) is 11.6 Å². The van der Waals surface area contributed by atoms with Crippen LogP contribution in [0.25, 0.3) is 0 Å². The number of pyridine rings is 1. The second-order valence-corrected chi connectivity index (χ2v) is 11.6. The Bertz CT molecular complexity index is 1390. The molecule has 0 radical (unpaired) electrons. The van der Waals surface area contributed by atoms with Crippen molar-refractivity contribution in [2.45, 2.75) is 51.3 Å². The number of aliphatic hydroxyl groups is 2. The molecule has 41 heavy (non-hydrogen) atoms. The summed E-state index contributed by atoms with van der Waals surface area (Å²) >= 11 is 0. The summed E-state index contributed by atoms with van der Waals surface area (Å²) in [6.07, 6.45) is 1.53. The molecule has 0 aliphatic rings. The van der Waals surface area contributed by atoms with Crippen LogP contribution in [0.4, 0.5) is 14.6 Å². The summed E-state index contributed by atoms with van der Waals surface area (Å²) in [6.45, 7) is 2.47. The number of carbonyl (C=O) groups excluding carboxylic acids is 1. The summed E-state index contributed by atoms with van der Waals surface area (Å²) in [5.74, 6) is -2.48. The van der Waals surface area contributed by atoms with Gasteiger partial charge in [-0.2, -0.15) is 0 Å². The van der Waals surface area contributed by atoms with Gasteiger partial charge in [-0.1, -0.05) is 31.2 Å². The Kier molecular flexibility index (Phi) is 12.1. The maximum Gasteiger partial charge on any atom is 0.251 e. The van der Waals surface area contributed by atoms with Crippen molar-refractivity contribution >= 4 is 21.7 Å². The standard InChI is InChI=1S/C29H36F2N4O5S/c1-2-20-6-5-7-21(12-20)18-32-19-27(37)26(15-22-13-24(30)17-25(31)14-22)34-29(38)23-8-9-33-28(16-23)35-41(39,40)11-4-3-10-36/h5-9,12-14,16-17,26-27,32,36-37H,2-4,10-11,15,18-19H2,1H3,(H,33,35)(H,34,38)/t26-,27+/m0/s1. The number of anilines is 1. The SMILES string of the molecule is CCc1cccc(CNC[C@@H](O)[C@H](Cc2cc(F)cc(F)c2)NC(=O)c2ccnc(NS(=O)(=O)CCCCO)c2)c1. The van der Waals surface area contributed by atoms with Crippen molar-refractivity contribution in [3.05, 3.63) is 94.7 Å². The first kappa shape index (κ1) is 32.1. The monoisotopic (exact) mass is 590 g/mol. The Labute approximate surface area is 239 Å². The van der Waals surface area contributed by atoms with Gasteiger partial charge in [0.25, 0.3) is 5.91 Å². The topological polar surface area (TPSA) is 141 Å². The molecule has 9 nitrogen and oxygen atoms in total. The molecule has 0 bridgehead atoms. The summed E-state index contributed by atoms with van der Waals surface area (Å²) in [5.41, 5.74) is 2.51. The highest BCUT2D eigenvalue weighted by Crippen LogP contribution is 2.15. The Morgan fingerprint density at radius 1 is 1.00 bits per heavy atom. The van der Waals surface area contributed by atoms with E-state index in [1.165, 1.54) is 23.9 Å². The molecule has 2 atom stereocenters. The quantitative estimate of drug-likeness (QED) is 0.162. The molecule has 3 aromatic rings. The number of aliphatic hydroxyl groups excluding tert-OH is 2. The van der Waals surface area contributed by atoms with Gasteiger partial charge in [-0.3, -0.25) is 9.52 Å². The maximum absolute atomic E-state index is 13.9. The molecule has 5 N–H and O–H groups in total. The minimum atomic E-state index is -3.75. The van der Waals surface area contributed by atoms with Gasteiger partial charge < -0.3 is 20.8 Å². The third kappa shape index (κ3) is 10.8. The molecule has 0 saturated carbocycles. The number of unbranched alkanes of at least 4 members (excludes halogenated alkanes) is 1. The lowest BCUT2D eigenvalue weighted by Crippen LogP contribution is -2.48. The van der Waals surface area contributed by atoms with Gasteiger partial charge in [-0.25, -0.2) is 22.2 Å². The highest BCUT2D eigenvalue weighted by molar-refractivity contribution is 7.92. The van der Waals surface area contributed by atoms with Gasteiger partial charge in [0, 0.05) is 37.5 Å². The number of aryl methyl sites for hydroxylation is 1. The number of sulfonamides is 1. The Morgan fingerprint density at radius 3 is 2.44 bits per heavy atom. The number of halogens is 2. The van der Waals surface area contributed by atoms with E-state index < -0.39 is 39.7 Å². The van der Waals surface area contributed by atoms with Crippen molar-refractivity contribution in [2.75, 3.05) is 23.6 Å². The van der Waals surface area contributed by atoms with Gasteiger partial charge in [-0.15, -0.1) is 0 Å². The van der Waals surface area contributed by atoms with E-state index in [0.717, 1.165) is 30.2 Å². The first-order chi connectivity index (χ1) is 19.6. The van der Waals surface area contributed by atoms with Crippen LogP contribution in [-0.4, -0.2) is 60.6 Å². The molecule has 1 aromatic heterocycles. The van der Waals surface area contributed by atoms with Crippen LogP contribution >= 0.6 is 0 Å². The van der Waals surface area contributed by atoms with E-state index in [1.54, 1.807) is 0 Å². The van der Waals surface area contributed by atoms with E-state index in [-0.39, 0.29) is 48.7 Å². The number of rotatable bonds is 16. The third-order valence-corrected chi connectivity index (χ3v) is 7.69. The smallest absolute Gasteiger partial charge is 0.251 e. The molecule has 222 valence electrons. The molecular weight excluding hydrogens is 554 g/mol. The van der Waals surface area contributed by atoms with E-state index in [9.17, 15) is 27.1 Å². The fourth-order valence-electron chi connectivity index (χ4n) is 4.23. The highest BCUT2D eigenvalue weighted by atomic mass is 32.2. The first-order valence-electron chi connectivity index (χ1n) is 13.4. The van der Waals surface area contributed by atoms with Crippen molar-refractivity contribution in [3.8, 4) is 0 Å². The molecule has 3 rings (SSSR count). The van der Waals surface area contributed by atoms with Crippen LogP contribution in [-0.2, 0) is 29.4 Å². The lowest BCUT2D eigenvalue weighted by atomic mass is 10.00. The largest absolute Gasteiger partial charge is 0.396 e. The molecule has 0 aliphatic heterocycles. The second kappa shape index (κ2) is 15.5. The summed E-state index contributed by atoms with van der Waals surface area (Å²) in [7, 11) is -3.75. The zero-order chi connectivity index (χ0) is 29.8. The molecule has 0 spiro atoms. The first-order valence-corrected chi connectivity index (χ1v) is 15.0. The third-order valence-electron chi connectivity index (χ3n) is 6.34. The van der Waals surface area contributed by atoms with Crippen LogP contribution in [0.1, 0.15) is 46.8 Å². The van der Waals surface area contributed by atoms with Crippen LogP contribution in [0.3, 0.4) is 0 Å². The number of benzene rings is 2. The number of nitrogens with zero attached hydrogens (tertiary/aromatic N) is 1. The molecular formula is C29H36F2N4O5S. The fourth-order valence-corrected chi connectivity index (χ4v) is 5.34. The average molecular weight is 591 g/mol. The van der Waals surface area contributed by atoms with Gasteiger partial charge >= 0.3 is 0 Å². The van der Waals surface area contributed by atoms with Gasteiger partial charge in [0.15, 0.2) is 0 Å². The predicted octanol–water partition coefficient (Wildman–Crippen LogP) is 2.93. The molecule has 12 heteroatoms. The molecule has 0 unspecified atom stereocenters. The number of carbonyl (C=O) groups is 1. The zero-order valence-electron chi connectivity index (χ0n) is 22.8. The molecule has 1 amide bonds. The van der Waals surface area contributed by atoms with Crippen molar-refractivity contribution in [3.63, 3.8) is 0 Å². The van der Waals surface area contributed by atoms with Crippen LogP contribution in [0.15, 0.2) is 60.8 Å². The van der Waals surface area contributed by atoms with Crippen molar-refractivity contribution in [2.24, 2.45) is 0 Å². The number of amides is 1. The summed E-state index contributed by atoms with van der Waals surface area (Å²) in [5, 5.41) is 25.7. The molecule has 2 aromatic carbocycles. The van der Waals surface area contributed by atoms with E-state index in [4.69, 9.17) is 5.11 Å². The van der Waals surface area contributed by atoms with Gasteiger partial charge in [0.2, 0.25) is 10.0 Å². The number of aromatic nitrogens is 1. The predicted molar refractivity (Wildman–Crippen MR) is 153 cm³/mol. The second-order valence-electron chi connectivity index (χ2n) is 9.71. The lowest BCUT2D eigenvalue weighted by molar-refractivity contribution is 0.0829. The normalized spacial score (nSPS) is 13.0. The van der Waals surface area contributed by atoms with E-state index in [1.807, 2.05) is 18.2 Å². The molecule has 1 heterocycles.